The molecule has 0 radical (unpaired) electrons. The van der Waals surface area contributed by atoms with Crippen LogP contribution >= 0.6 is 0 Å². The number of ether oxygens (including phenoxy) is 2. The molecule has 7 heteroatoms. The second-order valence-electron chi connectivity index (χ2n) is 6.72. The van der Waals surface area contributed by atoms with Crippen LogP contribution in [0, 0.1) is 5.82 Å². The van der Waals surface area contributed by atoms with Gasteiger partial charge in [-0.2, -0.15) is 0 Å². The van der Waals surface area contributed by atoms with E-state index < -0.39 is 0 Å². The van der Waals surface area contributed by atoms with E-state index >= 15 is 0 Å². The fraction of sp³-hybridized carbons (Fsp3) is 0.227. The van der Waals surface area contributed by atoms with Gasteiger partial charge in [0.25, 0.3) is 5.91 Å². The lowest BCUT2D eigenvalue weighted by Crippen LogP contribution is -2.31. The van der Waals surface area contributed by atoms with E-state index in [0.717, 1.165) is 25.0 Å². The molecule has 29 heavy (non-hydrogen) atoms. The highest BCUT2D eigenvalue weighted by Gasteiger charge is 2.17. The standard InChI is InChI=1S/C22H20FN3O3/c23-17-8-6-15(7-9-17)20-12-21(26-14-25-20)29-18-4-1-3-16(11-18)22(27)24-13-19-5-2-10-28-19/h1,3-4,6-9,11-12,14,19H,2,5,10,13H2,(H,24,27). The summed E-state index contributed by atoms with van der Waals surface area (Å²) in [6.07, 6.45) is 3.46. The van der Waals surface area contributed by atoms with Gasteiger partial charge < -0.3 is 14.8 Å². The lowest BCUT2D eigenvalue weighted by atomic mass is 10.1. The van der Waals surface area contributed by atoms with E-state index in [1.165, 1.54) is 18.5 Å². The van der Waals surface area contributed by atoms with Gasteiger partial charge in [0.05, 0.1) is 11.8 Å². The van der Waals surface area contributed by atoms with Gasteiger partial charge in [-0.05, 0) is 55.3 Å². The first kappa shape index (κ1) is 19.0. The van der Waals surface area contributed by atoms with Crippen LogP contribution in [-0.4, -0.2) is 35.1 Å². The van der Waals surface area contributed by atoms with Crippen molar-refractivity contribution in [3.63, 3.8) is 0 Å². The number of nitrogens with one attached hydrogen (secondary N) is 1. The molecule has 2 aromatic carbocycles. The molecular formula is C22H20FN3O3. The average Bonchev–Trinajstić information content (AvgIpc) is 3.27. The van der Waals surface area contributed by atoms with Gasteiger partial charge >= 0.3 is 0 Å². The molecule has 2 heterocycles. The van der Waals surface area contributed by atoms with E-state index in [1.54, 1.807) is 42.5 Å². The summed E-state index contributed by atoms with van der Waals surface area (Å²) in [6, 6.07) is 14.6. The molecule has 1 amide bonds. The van der Waals surface area contributed by atoms with Crippen molar-refractivity contribution in [1.29, 1.82) is 0 Å². The third-order valence-electron chi connectivity index (χ3n) is 4.61. The number of amides is 1. The molecule has 1 N–H and O–H groups in total. The zero-order valence-corrected chi connectivity index (χ0v) is 15.7. The van der Waals surface area contributed by atoms with Crippen molar-refractivity contribution < 1.29 is 18.7 Å². The highest BCUT2D eigenvalue weighted by molar-refractivity contribution is 5.94. The summed E-state index contributed by atoms with van der Waals surface area (Å²) in [4.78, 5) is 20.7. The predicted octanol–water partition coefficient (Wildman–Crippen LogP) is 3.98. The minimum Gasteiger partial charge on any atom is -0.439 e. The molecule has 0 saturated carbocycles. The zero-order chi connectivity index (χ0) is 20.1. The molecule has 1 fully saturated rings. The molecule has 1 saturated heterocycles. The van der Waals surface area contributed by atoms with Gasteiger partial charge in [0.15, 0.2) is 0 Å². The van der Waals surface area contributed by atoms with Gasteiger partial charge in [0.1, 0.15) is 17.9 Å². The molecule has 148 valence electrons. The van der Waals surface area contributed by atoms with Crippen molar-refractivity contribution in [1.82, 2.24) is 15.3 Å². The predicted molar refractivity (Wildman–Crippen MR) is 105 cm³/mol. The maximum atomic E-state index is 13.1. The summed E-state index contributed by atoms with van der Waals surface area (Å²) < 4.78 is 24.4. The lowest BCUT2D eigenvalue weighted by Gasteiger charge is -2.11. The summed E-state index contributed by atoms with van der Waals surface area (Å²) in [5.41, 5.74) is 1.86. The minimum atomic E-state index is -0.311. The molecule has 1 aliphatic rings. The van der Waals surface area contributed by atoms with Crippen molar-refractivity contribution in [2.24, 2.45) is 0 Å². The van der Waals surface area contributed by atoms with Crippen molar-refractivity contribution in [2.45, 2.75) is 18.9 Å². The number of halogens is 1. The van der Waals surface area contributed by atoms with E-state index in [9.17, 15) is 9.18 Å². The van der Waals surface area contributed by atoms with Crippen LogP contribution in [0.5, 0.6) is 11.6 Å². The van der Waals surface area contributed by atoms with Gasteiger partial charge in [-0.1, -0.05) is 6.07 Å². The molecule has 0 spiro atoms. The third-order valence-corrected chi connectivity index (χ3v) is 4.61. The Labute approximate surface area is 167 Å². The molecule has 1 atom stereocenters. The van der Waals surface area contributed by atoms with E-state index in [2.05, 4.69) is 15.3 Å². The maximum Gasteiger partial charge on any atom is 0.251 e. The molecule has 1 aromatic heterocycles. The van der Waals surface area contributed by atoms with Gasteiger partial charge in [-0.3, -0.25) is 4.79 Å². The first-order valence-electron chi connectivity index (χ1n) is 9.43. The number of aromatic nitrogens is 2. The minimum absolute atomic E-state index is 0.0873. The SMILES string of the molecule is O=C(NCC1CCCO1)c1cccc(Oc2cc(-c3ccc(F)cc3)ncn2)c1. The fourth-order valence-corrected chi connectivity index (χ4v) is 3.11. The molecule has 1 unspecified atom stereocenters. The van der Waals surface area contributed by atoms with Crippen molar-refractivity contribution in [2.75, 3.05) is 13.2 Å². The van der Waals surface area contributed by atoms with E-state index in [0.29, 0.717) is 29.4 Å². The first-order chi connectivity index (χ1) is 14.2. The van der Waals surface area contributed by atoms with Crippen LogP contribution in [0.15, 0.2) is 60.9 Å². The molecular weight excluding hydrogens is 373 g/mol. The van der Waals surface area contributed by atoms with E-state index in [-0.39, 0.29) is 17.8 Å². The van der Waals surface area contributed by atoms with Crippen molar-refractivity contribution >= 4 is 5.91 Å². The van der Waals surface area contributed by atoms with Crippen LogP contribution in [0.4, 0.5) is 4.39 Å². The Kier molecular flexibility index (Phi) is 5.76. The molecule has 3 aromatic rings. The smallest absolute Gasteiger partial charge is 0.251 e. The maximum absolute atomic E-state index is 13.1. The number of nitrogens with zero attached hydrogens (tertiary/aromatic N) is 2. The molecule has 0 aliphatic carbocycles. The van der Waals surface area contributed by atoms with E-state index in [1.807, 2.05) is 0 Å². The van der Waals surface area contributed by atoms with E-state index in [4.69, 9.17) is 9.47 Å². The number of carbonyl (C=O) groups is 1. The van der Waals surface area contributed by atoms with Crippen molar-refractivity contribution in [3.8, 4) is 22.9 Å². The van der Waals surface area contributed by atoms with Gasteiger partial charge in [-0.15, -0.1) is 0 Å². The summed E-state index contributed by atoms with van der Waals surface area (Å²) in [5.74, 6) is 0.323. The van der Waals surface area contributed by atoms with Crippen LogP contribution in [0.1, 0.15) is 23.2 Å². The summed E-state index contributed by atoms with van der Waals surface area (Å²) in [7, 11) is 0. The molecule has 0 bridgehead atoms. The Bertz CT molecular complexity index is 989. The quantitative estimate of drug-likeness (QED) is 0.686. The molecule has 6 nitrogen and oxygen atoms in total. The van der Waals surface area contributed by atoms with Crippen LogP contribution in [-0.2, 0) is 4.74 Å². The zero-order valence-electron chi connectivity index (χ0n) is 15.7. The second-order valence-corrected chi connectivity index (χ2v) is 6.72. The Hall–Kier alpha value is -3.32. The van der Waals surface area contributed by atoms with Crippen LogP contribution < -0.4 is 10.1 Å². The van der Waals surface area contributed by atoms with Crippen LogP contribution in [0.3, 0.4) is 0 Å². The summed E-state index contributed by atoms with van der Waals surface area (Å²) >= 11 is 0. The van der Waals surface area contributed by atoms with Gasteiger partial charge in [0.2, 0.25) is 5.88 Å². The van der Waals surface area contributed by atoms with Crippen molar-refractivity contribution in [3.05, 3.63) is 72.3 Å². The Morgan fingerprint density at radius 1 is 1.17 bits per heavy atom. The number of benzene rings is 2. The van der Waals surface area contributed by atoms with Gasteiger partial charge in [-0.25, -0.2) is 14.4 Å². The topological polar surface area (TPSA) is 73.3 Å². The van der Waals surface area contributed by atoms with Gasteiger partial charge in [0, 0.05) is 30.3 Å². The lowest BCUT2D eigenvalue weighted by molar-refractivity contribution is 0.0857. The van der Waals surface area contributed by atoms with Crippen LogP contribution in [0.25, 0.3) is 11.3 Å². The normalized spacial score (nSPS) is 15.8. The largest absolute Gasteiger partial charge is 0.439 e. The number of hydrogen-bond donors (Lipinski definition) is 1. The highest BCUT2D eigenvalue weighted by atomic mass is 19.1. The highest BCUT2D eigenvalue weighted by Crippen LogP contribution is 2.24. The third kappa shape index (κ3) is 4.94. The molecule has 4 rings (SSSR count). The number of rotatable bonds is 6. The summed E-state index contributed by atoms with van der Waals surface area (Å²) in [6.45, 7) is 1.25. The molecule has 1 aliphatic heterocycles. The summed E-state index contributed by atoms with van der Waals surface area (Å²) in [5, 5.41) is 2.89. The number of carbonyl (C=O) groups excluding carboxylic acids is 1. The first-order valence-corrected chi connectivity index (χ1v) is 9.43. The Balaban J connectivity index is 1.44. The fourth-order valence-electron chi connectivity index (χ4n) is 3.11. The second kappa shape index (κ2) is 8.79. The Morgan fingerprint density at radius 3 is 2.83 bits per heavy atom. The Morgan fingerprint density at radius 2 is 2.03 bits per heavy atom. The van der Waals surface area contributed by atoms with Crippen LogP contribution in [0.2, 0.25) is 0 Å². The number of hydrogen-bond acceptors (Lipinski definition) is 5. The average molecular weight is 393 g/mol. The monoisotopic (exact) mass is 393 g/mol.